The summed E-state index contributed by atoms with van der Waals surface area (Å²) in [5.41, 5.74) is 2.62. The van der Waals surface area contributed by atoms with Crippen LogP contribution in [-0.2, 0) is 7.05 Å². The maximum atomic E-state index is 13.0. The molecule has 2 saturated heterocycles. The molecule has 1 amide bonds. The van der Waals surface area contributed by atoms with Crippen molar-refractivity contribution in [3.8, 4) is 11.3 Å². The van der Waals surface area contributed by atoms with Crippen LogP contribution in [0.2, 0.25) is 0 Å². The molecular formula is C25H30N6O2. The Hall–Kier alpha value is -3.23. The van der Waals surface area contributed by atoms with Gasteiger partial charge >= 0.3 is 0 Å². The lowest BCUT2D eigenvalue weighted by atomic mass is 10.0. The van der Waals surface area contributed by atoms with E-state index in [9.17, 15) is 9.90 Å². The molecule has 0 aliphatic carbocycles. The fourth-order valence-corrected chi connectivity index (χ4v) is 4.81. The highest BCUT2D eigenvalue weighted by Gasteiger charge is 2.40. The van der Waals surface area contributed by atoms with Gasteiger partial charge in [-0.1, -0.05) is 18.2 Å². The number of carbonyl (C=O) groups is 1. The summed E-state index contributed by atoms with van der Waals surface area (Å²) in [7, 11) is 1.86. The standard InChI is InChI=1S/C25H30N6O2/c1-28-17-21(16-27-28)23-8-7-20(15-26-23)24(32)31-10-9-25(33,19-31)18-29-11-13-30(14-12-29)22-5-3-2-4-6-22/h2-8,15-17,33H,9-14,18-19H2,1H3/t25-/m1/s1. The van der Waals surface area contributed by atoms with Crippen LogP contribution >= 0.6 is 0 Å². The lowest BCUT2D eigenvalue weighted by molar-refractivity contribution is 0.0103. The van der Waals surface area contributed by atoms with E-state index in [0.717, 1.165) is 37.4 Å². The highest BCUT2D eigenvalue weighted by atomic mass is 16.3. The molecule has 172 valence electrons. The monoisotopic (exact) mass is 446 g/mol. The minimum atomic E-state index is -0.867. The van der Waals surface area contributed by atoms with Crippen molar-refractivity contribution in [2.75, 3.05) is 50.7 Å². The van der Waals surface area contributed by atoms with Crippen molar-refractivity contribution in [3.63, 3.8) is 0 Å². The van der Waals surface area contributed by atoms with Gasteiger partial charge in [-0.05, 0) is 30.7 Å². The summed E-state index contributed by atoms with van der Waals surface area (Å²) in [4.78, 5) is 23.9. The lowest BCUT2D eigenvalue weighted by Crippen LogP contribution is -2.53. The van der Waals surface area contributed by atoms with E-state index in [4.69, 9.17) is 0 Å². The maximum Gasteiger partial charge on any atom is 0.255 e. The second kappa shape index (κ2) is 8.96. The van der Waals surface area contributed by atoms with E-state index >= 15 is 0 Å². The number of pyridine rings is 1. The van der Waals surface area contributed by atoms with Gasteiger partial charge in [0.2, 0.25) is 0 Å². The summed E-state index contributed by atoms with van der Waals surface area (Å²) in [6.07, 6.45) is 5.86. The fourth-order valence-electron chi connectivity index (χ4n) is 4.81. The molecule has 0 radical (unpaired) electrons. The molecule has 8 nitrogen and oxygen atoms in total. The largest absolute Gasteiger partial charge is 0.387 e. The van der Waals surface area contributed by atoms with E-state index in [1.165, 1.54) is 5.69 Å². The predicted molar refractivity (Wildman–Crippen MR) is 127 cm³/mol. The van der Waals surface area contributed by atoms with Crippen molar-refractivity contribution < 1.29 is 9.90 Å². The van der Waals surface area contributed by atoms with Crippen molar-refractivity contribution in [2.45, 2.75) is 12.0 Å². The van der Waals surface area contributed by atoms with Gasteiger partial charge in [-0.25, -0.2) is 0 Å². The Kier molecular flexibility index (Phi) is 5.86. The molecule has 2 fully saturated rings. The van der Waals surface area contributed by atoms with Crippen LogP contribution in [0.15, 0.2) is 61.1 Å². The second-order valence-electron chi connectivity index (χ2n) is 9.13. The first-order valence-corrected chi connectivity index (χ1v) is 11.5. The minimum absolute atomic E-state index is 0.0786. The van der Waals surface area contributed by atoms with Crippen LogP contribution in [0, 0.1) is 0 Å². The third-order valence-electron chi connectivity index (χ3n) is 6.64. The number of amides is 1. The third kappa shape index (κ3) is 4.77. The fraction of sp³-hybridized carbons (Fsp3) is 0.400. The van der Waals surface area contributed by atoms with Crippen molar-refractivity contribution in [2.24, 2.45) is 7.05 Å². The molecule has 1 aromatic carbocycles. The molecule has 5 rings (SSSR count). The molecule has 0 bridgehead atoms. The summed E-state index contributed by atoms with van der Waals surface area (Å²) in [6, 6.07) is 14.1. The molecule has 4 heterocycles. The number of aliphatic hydroxyl groups is 1. The van der Waals surface area contributed by atoms with Crippen LogP contribution in [0.25, 0.3) is 11.3 Å². The van der Waals surface area contributed by atoms with Crippen LogP contribution in [0.3, 0.4) is 0 Å². The number of aromatic nitrogens is 3. The van der Waals surface area contributed by atoms with Gasteiger partial charge in [0.05, 0.1) is 29.6 Å². The average molecular weight is 447 g/mol. The molecule has 8 heteroatoms. The zero-order valence-corrected chi connectivity index (χ0v) is 19.0. The van der Waals surface area contributed by atoms with Crippen molar-refractivity contribution in [1.82, 2.24) is 24.6 Å². The first-order chi connectivity index (χ1) is 16.0. The number of benzene rings is 1. The number of hydrogen-bond acceptors (Lipinski definition) is 6. The van der Waals surface area contributed by atoms with E-state index in [2.05, 4.69) is 44.1 Å². The first-order valence-electron chi connectivity index (χ1n) is 11.5. The molecule has 0 spiro atoms. The van der Waals surface area contributed by atoms with Gasteiger partial charge in [-0.3, -0.25) is 19.4 Å². The number of nitrogens with zero attached hydrogens (tertiary/aromatic N) is 6. The SMILES string of the molecule is Cn1cc(-c2ccc(C(=O)N3CC[C@@](O)(CN4CCN(c5ccccc5)CC4)C3)cn2)cn1. The number of carbonyl (C=O) groups excluding carboxylic acids is 1. The predicted octanol–water partition coefficient (Wildman–Crippen LogP) is 1.88. The Balaban J connectivity index is 1.16. The van der Waals surface area contributed by atoms with Gasteiger partial charge in [0.25, 0.3) is 5.91 Å². The van der Waals surface area contributed by atoms with E-state index in [-0.39, 0.29) is 5.91 Å². The number of para-hydroxylation sites is 1. The third-order valence-corrected chi connectivity index (χ3v) is 6.64. The summed E-state index contributed by atoms with van der Waals surface area (Å²) < 4.78 is 1.72. The molecular weight excluding hydrogens is 416 g/mol. The van der Waals surface area contributed by atoms with E-state index in [1.807, 2.05) is 25.4 Å². The highest BCUT2D eigenvalue weighted by molar-refractivity contribution is 5.94. The molecule has 2 aliphatic heterocycles. The van der Waals surface area contributed by atoms with Gasteiger partial charge in [0.1, 0.15) is 0 Å². The van der Waals surface area contributed by atoms with Gasteiger partial charge < -0.3 is 14.9 Å². The molecule has 1 N–H and O–H groups in total. The maximum absolute atomic E-state index is 13.0. The van der Waals surface area contributed by atoms with Crippen LogP contribution in [-0.4, -0.2) is 87.0 Å². The van der Waals surface area contributed by atoms with Crippen LogP contribution in [0.4, 0.5) is 5.69 Å². The normalized spacial score (nSPS) is 21.5. The lowest BCUT2D eigenvalue weighted by Gasteiger charge is -2.39. The number of rotatable bonds is 5. The number of likely N-dealkylation sites (tertiary alicyclic amines) is 1. The van der Waals surface area contributed by atoms with Crippen LogP contribution in [0.1, 0.15) is 16.8 Å². The number of hydrogen-bond donors (Lipinski definition) is 1. The second-order valence-corrected chi connectivity index (χ2v) is 9.13. The molecule has 0 unspecified atom stereocenters. The molecule has 1 atom stereocenters. The van der Waals surface area contributed by atoms with Crippen molar-refractivity contribution >= 4 is 11.6 Å². The summed E-state index contributed by atoms with van der Waals surface area (Å²) in [5.74, 6) is -0.0786. The molecule has 0 saturated carbocycles. The molecule has 2 aromatic heterocycles. The number of aryl methyl sites for hydroxylation is 1. The highest BCUT2D eigenvalue weighted by Crippen LogP contribution is 2.26. The van der Waals surface area contributed by atoms with Gasteiger partial charge in [0, 0.05) is 70.0 Å². The van der Waals surface area contributed by atoms with Crippen molar-refractivity contribution in [3.05, 3.63) is 66.6 Å². The topological polar surface area (TPSA) is 77.7 Å². The van der Waals surface area contributed by atoms with Gasteiger partial charge in [-0.2, -0.15) is 5.10 Å². The zero-order chi connectivity index (χ0) is 22.8. The summed E-state index contributed by atoms with van der Waals surface area (Å²) in [6.45, 7) is 5.21. The Morgan fingerprint density at radius 1 is 1.03 bits per heavy atom. The zero-order valence-electron chi connectivity index (χ0n) is 19.0. The molecule has 2 aliphatic rings. The Morgan fingerprint density at radius 3 is 2.48 bits per heavy atom. The molecule has 3 aromatic rings. The Morgan fingerprint density at radius 2 is 1.82 bits per heavy atom. The Labute approximate surface area is 194 Å². The quantitative estimate of drug-likeness (QED) is 0.645. The van der Waals surface area contributed by atoms with Crippen LogP contribution in [0.5, 0.6) is 0 Å². The number of piperazine rings is 1. The number of β-amino-alcohol motifs (C(OH)–C–C–N with tert-alkyl or cyclic N) is 1. The first kappa shape index (κ1) is 21.6. The van der Waals surface area contributed by atoms with E-state index in [0.29, 0.717) is 31.6 Å². The van der Waals surface area contributed by atoms with Crippen LogP contribution < -0.4 is 4.90 Å². The summed E-state index contributed by atoms with van der Waals surface area (Å²) in [5, 5.41) is 15.4. The van der Waals surface area contributed by atoms with Crippen molar-refractivity contribution in [1.29, 1.82) is 0 Å². The average Bonchev–Trinajstić information content (AvgIpc) is 3.45. The minimum Gasteiger partial charge on any atom is -0.387 e. The summed E-state index contributed by atoms with van der Waals surface area (Å²) >= 11 is 0. The van der Waals surface area contributed by atoms with Gasteiger partial charge in [0.15, 0.2) is 0 Å². The van der Waals surface area contributed by atoms with E-state index in [1.54, 1.807) is 28.0 Å². The smallest absolute Gasteiger partial charge is 0.255 e. The van der Waals surface area contributed by atoms with Gasteiger partial charge in [-0.15, -0.1) is 0 Å². The molecule has 33 heavy (non-hydrogen) atoms. The number of anilines is 1. The Bertz CT molecular complexity index is 1090. The van der Waals surface area contributed by atoms with E-state index < -0.39 is 5.60 Å².